The molecule has 0 aliphatic rings. The highest BCUT2D eigenvalue weighted by Gasteiger charge is 2.55. The average molecular weight is 913 g/mol. The van der Waals surface area contributed by atoms with Crippen LogP contribution in [0.25, 0.3) is 0 Å². The van der Waals surface area contributed by atoms with E-state index in [-0.39, 0.29) is 0 Å². The van der Waals surface area contributed by atoms with Crippen LogP contribution in [-0.2, 0) is 25.9 Å². The highest BCUT2D eigenvalue weighted by Crippen LogP contribution is 2.21. The first kappa shape index (κ1) is 46.4. The Morgan fingerprint density at radius 2 is 0.406 bits per heavy atom. The van der Waals surface area contributed by atoms with Crippen molar-refractivity contribution in [3.05, 3.63) is 243 Å². The van der Waals surface area contributed by atoms with E-state index in [1.165, 1.54) is 0 Å². The molecule has 6 nitrogen and oxygen atoms in total. The van der Waals surface area contributed by atoms with Crippen molar-refractivity contribution in [2.45, 2.75) is 13.8 Å². The summed E-state index contributed by atoms with van der Waals surface area (Å²) in [7, 11) is -9.02. The van der Waals surface area contributed by atoms with Gasteiger partial charge in [-0.3, -0.25) is 0 Å². The van der Waals surface area contributed by atoms with E-state index in [0.717, 1.165) is 41.5 Å². The Morgan fingerprint density at radius 1 is 0.250 bits per heavy atom. The largest absolute Gasteiger partial charge is 0.401 e. The monoisotopic (exact) mass is 912 g/mol. The zero-order valence-corrected chi connectivity index (χ0v) is 41.0. The third kappa shape index (κ3) is 9.87. The fourth-order valence-corrected chi connectivity index (χ4v) is 25.1. The Bertz CT molecular complexity index is 2210. The predicted octanol–water partition coefficient (Wildman–Crippen LogP) is 6.40. The molecule has 0 unspecified atom stereocenters. The van der Waals surface area contributed by atoms with E-state index < -0.39 is 34.2 Å². The molecule has 64 heavy (non-hydrogen) atoms. The van der Waals surface area contributed by atoms with Crippen molar-refractivity contribution in [2.24, 2.45) is 0 Å². The van der Waals surface area contributed by atoms with Crippen LogP contribution in [0.1, 0.15) is 13.8 Å². The molecule has 0 saturated carbocycles. The fraction of sp³-hybridized carbons (Fsp3) is 0.111. The Hall–Kier alpha value is -5.61. The minimum Gasteiger partial charge on any atom is -0.401 e. The van der Waals surface area contributed by atoms with Gasteiger partial charge in [0.15, 0.2) is 0 Å². The van der Waals surface area contributed by atoms with Crippen molar-refractivity contribution >= 4 is 75.7 Å². The summed E-state index contributed by atoms with van der Waals surface area (Å²) in [6.45, 7) is 5.14. The van der Waals surface area contributed by atoms with Gasteiger partial charge in [-0.1, -0.05) is 243 Å². The first-order valence-corrected chi connectivity index (χ1v) is 29.0. The van der Waals surface area contributed by atoms with Crippen molar-refractivity contribution in [1.29, 1.82) is 0 Å². The van der Waals surface area contributed by atoms with Crippen molar-refractivity contribution < 1.29 is 25.9 Å². The molecular formula is C54H56O6Si4. The van der Waals surface area contributed by atoms with Gasteiger partial charge < -0.3 is 25.9 Å². The summed E-state index contributed by atoms with van der Waals surface area (Å²) < 4.78 is 41.0. The Balaban J connectivity index is 0.000000192. The highest BCUT2D eigenvalue weighted by molar-refractivity contribution is 7.05. The average Bonchev–Trinajstić information content (AvgIpc) is 3.39. The van der Waals surface area contributed by atoms with Gasteiger partial charge in [-0.05, 0) is 55.3 Å². The zero-order valence-electron chi connectivity index (χ0n) is 37.0. The summed E-state index contributed by atoms with van der Waals surface area (Å²) in [4.78, 5) is 0. The van der Waals surface area contributed by atoms with Gasteiger partial charge in [0.25, 0.3) is 0 Å². The number of rotatable bonds is 18. The Morgan fingerprint density at radius 3 is 0.562 bits per heavy atom. The van der Waals surface area contributed by atoms with Crippen molar-refractivity contribution in [2.75, 3.05) is 27.4 Å². The van der Waals surface area contributed by atoms with Crippen LogP contribution in [0.5, 0.6) is 0 Å². The molecule has 0 saturated heterocycles. The molecule has 0 atom stereocenters. The second-order valence-corrected chi connectivity index (χ2v) is 27.5. The van der Waals surface area contributed by atoms with Crippen molar-refractivity contribution in [3.63, 3.8) is 0 Å². The molecule has 0 amide bonds. The minimum atomic E-state index is -3.15. The summed E-state index contributed by atoms with van der Waals surface area (Å²) in [5.74, 6) is 0. The number of hydrogen-bond donors (Lipinski definition) is 0. The quantitative estimate of drug-likeness (QED) is 0.0931. The molecule has 8 rings (SSSR count). The molecule has 0 bridgehead atoms. The van der Waals surface area contributed by atoms with Gasteiger partial charge in [-0.15, -0.1) is 0 Å². The van der Waals surface area contributed by atoms with Crippen LogP contribution >= 0.6 is 0 Å². The van der Waals surface area contributed by atoms with E-state index in [2.05, 4.69) is 146 Å². The molecule has 0 heterocycles. The standard InChI is InChI=1S/C28H30O3Si2.C26H26O3Si2/c1-3-29-32(25-17-9-5-10-18-25,26-19-11-6-12-20-26)31-33(30-4-2,27-21-13-7-14-22-27)28-23-15-8-16-24-28;1-27-30(23-15-7-3-8-16-23,24-17-9-4-10-18-24)29-31(28-2,25-19-11-5-12-20-25)26-21-13-6-14-22-26/h5-24H,3-4H2,1-2H3;3-22H,1-2H3. The summed E-state index contributed by atoms with van der Waals surface area (Å²) in [5, 5.41) is 8.47. The lowest BCUT2D eigenvalue weighted by Crippen LogP contribution is -2.75. The third-order valence-corrected chi connectivity index (χ3v) is 27.0. The van der Waals surface area contributed by atoms with E-state index in [1.807, 2.05) is 111 Å². The van der Waals surface area contributed by atoms with Crippen LogP contribution in [0.3, 0.4) is 0 Å². The lowest BCUT2D eigenvalue weighted by atomic mass is 10.4. The molecule has 0 aromatic heterocycles. The normalized spacial score (nSPS) is 11.9. The van der Waals surface area contributed by atoms with Gasteiger partial charge in [0.2, 0.25) is 0 Å². The van der Waals surface area contributed by atoms with E-state index in [0.29, 0.717) is 13.2 Å². The molecule has 10 heteroatoms. The van der Waals surface area contributed by atoms with Gasteiger partial charge >= 0.3 is 34.2 Å². The lowest BCUT2D eigenvalue weighted by molar-refractivity contribution is 0.225. The summed E-state index contributed by atoms with van der Waals surface area (Å²) >= 11 is 0. The van der Waals surface area contributed by atoms with Gasteiger partial charge in [0.05, 0.1) is 0 Å². The molecule has 8 aromatic rings. The maximum Gasteiger partial charge on any atom is 0.398 e. The Labute approximate surface area is 383 Å². The number of benzene rings is 8. The molecule has 8 aromatic carbocycles. The van der Waals surface area contributed by atoms with Crippen LogP contribution in [0.4, 0.5) is 0 Å². The van der Waals surface area contributed by atoms with Gasteiger partial charge in [0.1, 0.15) is 0 Å². The molecule has 0 radical (unpaired) electrons. The predicted molar refractivity (Wildman–Crippen MR) is 271 cm³/mol. The zero-order chi connectivity index (χ0) is 44.6. The van der Waals surface area contributed by atoms with E-state index >= 15 is 0 Å². The first-order valence-electron chi connectivity index (χ1n) is 21.7. The maximum atomic E-state index is 7.48. The highest BCUT2D eigenvalue weighted by atomic mass is 28.5. The Kier molecular flexibility index (Phi) is 16.2. The van der Waals surface area contributed by atoms with Crippen LogP contribution in [-0.4, -0.2) is 61.7 Å². The van der Waals surface area contributed by atoms with Gasteiger partial charge in [0, 0.05) is 27.4 Å². The van der Waals surface area contributed by atoms with Crippen LogP contribution in [0.15, 0.2) is 243 Å². The van der Waals surface area contributed by atoms with Crippen LogP contribution in [0, 0.1) is 0 Å². The molecule has 0 fully saturated rings. The van der Waals surface area contributed by atoms with Gasteiger partial charge in [-0.25, -0.2) is 0 Å². The summed E-state index contributed by atoms with van der Waals surface area (Å²) in [6.07, 6.45) is 0. The molecule has 0 aliphatic carbocycles. The van der Waals surface area contributed by atoms with Crippen LogP contribution < -0.4 is 41.5 Å². The SMILES string of the molecule is CCO[Si](O[Si](OCC)(c1ccccc1)c1ccccc1)(c1ccccc1)c1ccccc1.CO[Si](O[Si](OC)(c1ccccc1)c1ccccc1)(c1ccccc1)c1ccccc1. The second kappa shape index (κ2) is 22.3. The molecule has 0 N–H and O–H groups in total. The minimum absolute atomic E-state index is 0.538. The van der Waals surface area contributed by atoms with E-state index in [4.69, 9.17) is 25.9 Å². The summed E-state index contributed by atoms with van der Waals surface area (Å²) in [5.41, 5.74) is 0. The van der Waals surface area contributed by atoms with E-state index in [9.17, 15) is 0 Å². The molecule has 0 aliphatic heterocycles. The number of hydrogen-bond acceptors (Lipinski definition) is 6. The smallest absolute Gasteiger partial charge is 0.398 e. The third-order valence-electron chi connectivity index (χ3n) is 11.1. The fourth-order valence-electron chi connectivity index (χ4n) is 8.16. The first-order chi connectivity index (χ1) is 31.5. The molecular weight excluding hydrogens is 857 g/mol. The maximum absolute atomic E-state index is 7.48. The topological polar surface area (TPSA) is 55.4 Å². The molecule has 0 spiro atoms. The lowest BCUT2D eigenvalue weighted by Gasteiger charge is -2.41. The summed E-state index contributed by atoms with van der Waals surface area (Å²) in [6, 6.07) is 82.5. The van der Waals surface area contributed by atoms with Crippen molar-refractivity contribution in [3.8, 4) is 0 Å². The molecule has 324 valence electrons. The second-order valence-electron chi connectivity index (χ2n) is 14.9. The van der Waals surface area contributed by atoms with Gasteiger partial charge in [-0.2, -0.15) is 0 Å². The van der Waals surface area contributed by atoms with Crippen molar-refractivity contribution in [1.82, 2.24) is 0 Å². The van der Waals surface area contributed by atoms with Crippen LogP contribution in [0.2, 0.25) is 0 Å². The van der Waals surface area contributed by atoms with E-state index in [1.54, 1.807) is 14.2 Å².